The van der Waals surface area contributed by atoms with Crippen molar-refractivity contribution in [1.29, 1.82) is 0 Å². The molecular weight excluding hydrogens is 198 g/mol. The van der Waals surface area contributed by atoms with Gasteiger partial charge in [-0.25, -0.2) is 9.78 Å². The van der Waals surface area contributed by atoms with Gasteiger partial charge >= 0.3 is 6.03 Å². The van der Waals surface area contributed by atoms with Crippen molar-refractivity contribution in [3.05, 3.63) is 16.1 Å². The Bertz CT molecular complexity index is 309. The van der Waals surface area contributed by atoms with Crippen molar-refractivity contribution in [3.8, 4) is 0 Å². The van der Waals surface area contributed by atoms with Gasteiger partial charge < -0.3 is 10.6 Å². The van der Waals surface area contributed by atoms with E-state index in [1.807, 2.05) is 20.8 Å². The van der Waals surface area contributed by atoms with Crippen LogP contribution in [0.2, 0.25) is 0 Å². The van der Waals surface area contributed by atoms with E-state index in [4.69, 9.17) is 0 Å². The maximum Gasteiger partial charge on any atom is 0.315 e. The van der Waals surface area contributed by atoms with Gasteiger partial charge in [0, 0.05) is 17.1 Å². The van der Waals surface area contributed by atoms with Crippen molar-refractivity contribution in [2.45, 2.75) is 33.4 Å². The van der Waals surface area contributed by atoms with Crippen LogP contribution in [0.4, 0.5) is 4.79 Å². The molecule has 1 rings (SSSR count). The number of rotatable bonds is 3. The molecule has 0 saturated heterocycles. The lowest BCUT2D eigenvalue weighted by atomic mass is 10.4. The number of nitrogens with zero attached hydrogens (tertiary/aromatic N) is 1. The fraction of sp³-hybridized carbons (Fsp3) is 0.556. The summed E-state index contributed by atoms with van der Waals surface area (Å²) in [4.78, 5) is 16.4. The molecule has 0 bridgehead atoms. The van der Waals surface area contributed by atoms with E-state index in [0.29, 0.717) is 6.54 Å². The lowest BCUT2D eigenvalue weighted by Gasteiger charge is -2.08. The standard InChI is InChI=1S/C9H15N3OS/c1-6(2)12-9(13)11-5-8-4-10-7(3)14-8/h4,6H,5H2,1-3H3,(H2,11,12,13). The van der Waals surface area contributed by atoms with Gasteiger partial charge in [-0.15, -0.1) is 11.3 Å². The predicted octanol–water partition coefficient (Wildman–Crippen LogP) is 1.66. The Labute approximate surface area is 87.7 Å². The quantitative estimate of drug-likeness (QED) is 0.802. The van der Waals surface area contributed by atoms with Gasteiger partial charge in [0.25, 0.3) is 0 Å². The molecule has 0 aliphatic rings. The molecule has 0 radical (unpaired) electrons. The zero-order valence-corrected chi connectivity index (χ0v) is 9.44. The first-order valence-electron chi connectivity index (χ1n) is 4.53. The monoisotopic (exact) mass is 213 g/mol. The molecule has 4 nitrogen and oxygen atoms in total. The minimum atomic E-state index is -0.133. The highest BCUT2D eigenvalue weighted by molar-refractivity contribution is 7.11. The van der Waals surface area contributed by atoms with E-state index < -0.39 is 0 Å². The molecule has 78 valence electrons. The molecule has 0 atom stereocenters. The Morgan fingerprint density at radius 2 is 2.36 bits per heavy atom. The van der Waals surface area contributed by atoms with Crippen LogP contribution < -0.4 is 10.6 Å². The summed E-state index contributed by atoms with van der Waals surface area (Å²) in [7, 11) is 0. The van der Waals surface area contributed by atoms with E-state index in [2.05, 4.69) is 15.6 Å². The van der Waals surface area contributed by atoms with Crippen LogP contribution in [0, 0.1) is 6.92 Å². The fourth-order valence-electron chi connectivity index (χ4n) is 0.968. The highest BCUT2D eigenvalue weighted by Gasteiger charge is 2.03. The van der Waals surface area contributed by atoms with Crippen molar-refractivity contribution in [3.63, 3.8) is 0 Å². The highest BCUT2D eigenvalue weighted by Crippen LogP contribution is 2.10. The summed E-state index contributed by atoms with van der Waals surface area (Å²) in [5.41, 5.74) is 0. The summed E-state index contributed by atoms with van der Waals surface area (Å²) >= 11 is 1.59. The van der Waals surface area contributed by atoms with Crippen molar-refractivity contribution in [1.82, 2.24) is 15.6 Å². The van der Waals surface area contributed by atoms with Crippen molar-refractivity contribution < 1.29 is 4.79 Å². The van der Waals surface area contributed by atoms with E-state index >= 15 is 0 Å². The Morgan fingerprint density at radius 1 is 1.64 bits per heavy atom. The van der Waals surface area contributed by atoms with Crippen LogP contribution >= 0.6 is 11.3 Å². The van der Waals surface area contributed by atoms with Gasteiger partial charge in [-0.1, -0.05) is 0 Å². The number of carbonyl (C=O) groups is 1. The minimum Gasteiger partial charge on any atom is -0.336 e. The van der Waals surface area contributed by atoms with Crippen LogP contribution in [-0.4, -0.2) is 17.1 Å². The topological polar surface area (TPSA) is 54.0 Å². The van der Waals surface area contributed by atoms with E-state index in [0.717, 1.165) is 9.88 Å². The van der Waals surface area contributed by atoms with Gasteiger partial charge in [-0.3, -0.25) is 0 Å². The van der Waals surface area contributed by atoms with E-state index in [1.54, 1.807) is 17.5 Å². The van der Waals surface area contributed by atoms with Gasteiger partial charge in [0.05, 0.1) is 11.6 Å². The third kappa shape index (κ3) is 3.74. The summed E-state index contributed by atoms with van der Waals surface area (Å²) in [5, 5.41) is 6.54. The third-order valence-corrected chi connectivity index (χ3v) is 2.42. The van der Waals surface area contributed by atoms with E-state index in [1.165, 1.54) is 0 Å². The average Bonchev–Trinajstić information content (AvgIpc) is 2.47. The first-order valence-corrected chi connectivity index (χ1v) is 5.35. The van der Waals surface area contributed by atoms with E-state index in [9.17, 15) is 4.79 Å². The van der Waals surface area contributed by atoms with Crippen molar-refractivity contribution in [2.75, 3.05) is 0 Å². The summed E-state index contributed by atoms with van der Waals surface area (Å²) in [6, 6.07) is 0.0317. The van der Waals surface area contributed by atoms with Gasteiger partial charge in [0.15, 0.2) is 0 Å². The van der Waals surface area contributed by atoms with Crippen LogP contribution in [-0.2, 0) is 6.54 Å². The number of amides is 2. The number of nitrogens with one attached hydrogen (secondary N) is 2. The predicted molar refractivity (Wildman–Crippen MR) is 57.4 cm³/mol. The highest BCUT2D eigenvalue weighted by atomic mass is 32.1. The molecule has 0 unspecified atom stereocenters. The van der Waals surface area contributed by atoms with Crippen LogP contribution in [0.1, 0.15) is 23.7 Å². The summed E-state index contributed by atoms with van der Waals surface area (Å²) in [6.45, 7) is 6.35. The van der Waals surface area contributed by atoms with Gasteiger partial charge in [0.2, 0.25) is 0 Å². The van der Waals surface area contributed by atoms with Crippen LogP contribution in [0.25, 0.3) is 0 Å². The molecule has 14 heavy (non-hydrogen) atoms. The number of urea groups is 1. The first kappa shape index (κ1) is 11.0. The number of aromatic nitrogens is 1. The largest absolute Gasteiger partial charge is 0.336 e. The number of hydrogen-bond donors (Lipinski definition) is 2. The second-order valence-corrected chi connectivity index (χ2v) is 4.65. The number of aryl methyl sites for hydroxylation is 1. The lowest BCUT2D eigenvalue weighted by molar-refractivity contribution is 0.238. The summed E-state index contributed by atoms with van der Waals surface area (Å²) in [6.07, 6.45) is 1.79. The smallest absolute Gasteiger partial charge is 0.315 e. The molecule has 0 aliphatic carbocycles. The normalized spacial score (nSPS) is 10.3. The van der Waals surface area contributed by atoms with Crippen LogP contribution in [0.15, 0.2) is 6.20 Å². The second-order valence-electron chi connectivity index (χ2n) is 3.33. The SMILES string of the molecule is Cc1ncc(CNC(=O)NC(C)C)s1. The Hall–Kier alpha value is -1.10. The van der Waals surface area contributed by atoms with Gasteiger partial charge in [-0.2, -0.15) is 0 Å². The Morgan fingerprint density at radius 3 is 2.86 bits per heavy atom. The zero-order chi connectivity index (χ0) is 10.6. The van der Waals surface area contributed by atoms with Gasteiger partial charge in [0.1, 0.15) is 0 Å². The average molecular weight is 213 g/mol. The fourth-order valence-corrected chi connectivity index (χ4v) is 1.70. The molecule has 0 aromatic carbocycles. The second kappa shape index (κ2) is 4.95. The molecule has 0 fully saturated rings. The maximum atomic E-state index is 11.2. The molecule has 1 aromatic rings. The molecule has 1 heterocycles. The maximum absolute atomic E-state index is 11.2. The van der Waals surface area contributed by atoms with Gasteiger partial charge in [-0.05, 0) is 20.8 Å². The lowest BCUT2D eigenvalue weighted by Crippen LogP contribution is -2.38. The first-order chi connectivity index (χ1) is 6.58. The molecule has 0 saturated carbocycles. The molecule has 2 N–H and O–H groups in total. The number of carbonyl (C=O) groups excluding carboxylic acids is 1. The summed E-state index contributed by atoms with van der Waals surface area (Å²) in [5.74, 6) is 0. The Kier molecular flexibility index (Phi) is 3.88. The van der Waals surface area contributed by atoms with Crippen molar-refractivity contribution >= 4 is 17.4 Å². The summed E-state index contributed by atoms with van der Waals surface area (Å²) < 4.78 is 0. The van der Waals surface area contributed by atoms with E-state index in [-0.39, 0.29) is 12.1 Å². The van der Waals surface area contributed by atoms with Crippen LogP contribution in [0.5, 0.6) is 0 Å². The van der Waals surface area contributed by atoms with Crippen LogP contribution in [0.3, 0.4) is 0 Å². The molecule has 0 spiro atoms. The number of thiazole rings is 1. The van der Waals surface area contributed by atoms with Crippen molar-refractivity contribution in [2.24, 2.45) is 0 Å². The molecule has 1 aromatic heterocycles. The molecular formula is C9H15N3OS. The molecule has 5 heteroatoms. The molecule has 0 aliphatic heterocycles. The number of hydrogen-bond acceptors (Lipinski definition) is 3. The Balaban J connectivity index is 2.30. The molecule has 2 amide bonds. The zero-order valence-electron chi connectivity index (χ0n) is 8.63. The third-order valence-electron chi connectivity index (χ3n) is 1.51. The minimum absolute atomic E-state index is 0.133.